The Kier molecular flexibility index (Phi) is 3.73. The van der Waals surface area contributed by atoms with E-state index < -0.39 is 0 Å². The molecular formula is C14H22N2O2. The van der Waals surface area contributed by atoms with Crippen LogP contribution in [0.1, 0.15) is 32.1 Å². The van der Waals surface area contributed by atoms with Gasteiger partial charge in [0.05, 0.1) is 0 Å². The summed E-state index contributed by atoms with van der Waals surface area (Å²) in [5.74, 6) is 0.476. The van der Waals surface area contributed by atoms with E-state index in [2.05, 4.69) is 6.58 Å². The number of carbonyl (C=O) groups is 2. The highest BCUT2D eigenvalue weighted by Gasteiger charge is 2.43. The molecule has 0 saturated carbocycles. The Balaban J connectivity index is 1.86. The molecule has 0 atom stereocenters. The van der Waals surface area contributed by atoms with Crippen molar-refractivity contribution in [3.8, 4) is 0 Å². The van der Waals surface area contributed by atoms with Crippen LogP contribution in [0.4, 0.5) is 0 Å². The zero-order valence-electron chi connectivity index (χ0n) is 11.2. The van der Waals surface area contributed by atoms with E-state index in [-0.39, 0.29) is 17.2 Å². The molecule has 2 fully saturated rings. The number of hydrogen-bond acceptors (Lipinski definition) is 2. The Morgan fingerprint density at radius 2 is 2.11 bits per heavy atom. The number of allylic oxidation sites excluding steroid dienone is 1. The van der Waals surface area contributed by atoms with Crippen LogP contribution in [0, 0.1) is 5.41 Å². The lowest BCUT2D eigenvalue weighted by Crippen LogP contribution is -2.44. The molecule has 2 rings (SSSR count). The van der Waals surface area contributed by atoms with Crippen molar-refractivity contribution < 1.29 is 9.59 Å². The first-order valence-corrected chi connectivity index (χ1v) is 6.69. The second-order valence-corrected chi connectivity index (χ2v) is 5.63. The molecule has 0 N–H and O–H groups in total. The molecule has 1 spiro atoms. The number of piperidine rings is 1. The summed E-state index contributed by atoms with van der Waals surface area (Å²) in [5.41, 5.74) is 0.140. The van der Waals surface area contributed by atoms with E-state index >= 15 is 0 Å². The third-order valence-corrected chi connectivity index (χ3v) is 4.26. The Morgan fingerprint density at radius 1 is 1.44 bits per heavy atom. The van der Waals surface area contributed by atoms with Gasteiger partial charge < -0.3 is 9.80 Å². The van der Waals surface area contributed by atoms with Crippen LogP contribution in [0.3, 0.4) is 0 Å². The molecule has 2 saturated heterocycles. The second-order valence-electron chi connectivity index (χ2n) is 5.63. The third-order valence-electron chi connectivity index (χ3n) is 4.26. The van der Waals surface area contributed by atoms with Gasteiger partial charge in [0.1, 0.15) is 0 Å². The van der Waals surface area contributed by atoms with Gasteiger partial charge in [-0.3, -0.25) is 9.59 Å². The molecule has 0 unspecified atom stereocenters. The number of likely N-dealkylation sites (tertiary alicyclic amines) is 2. The highest BCUT2D eigenvalue weighted by atomic mass is 16.2. The molecule has 0 aromatic rings. The van der Waals surface area contributed by atoms with Crippen LogP contribution < -0.4 is 0 Å². The summed E-state index contributed by atoms with van der Waals surface area (Å²) in [4.78, 5) is 27.3. The third kappa shape index (κ3) is 2.57. The van der Waals surface area contributed by atoms with Crippen molar-refractivity contribution in [3.05, 3.63) is 12.7 Å². The molecule has 0 aliphatic carbocycles. The van der Waals surface area contributed by atoms with Crippen LogP contribution in [0.2, 0.25) is 0 Å². The number of nitrogens with zero attached hydrogens (tertiary/aromatic N) is 2. The van der Waals surface area contributed by atoms with E-state index in [9.17, 15) is 9.59 Å². The Hall–Kier alpha value is -1.32. The summed E-state index contributed by atoms with van der Waals surface area (Å²) < 4.78 is 0. The SMILES string of the molecule is C=CCCC(=O)N1CCC2(CC1)CC(=O)N(C)C2. The first-order chi connectivity index (χ1) is 8.56. The maximum Gasteiger partial charge on any atom is 0.222 e. The van der Waals surface area contributed by atoms with Crippen molar-refractivity contribution >= 4 is 11.8 Å². The largest absolute Gasteiger partial charge is 0.345 e. The lowest BCUT2D eigenvalue weighted by Gasteiger charge is -2.38. The van der Waals surface area contributed by atoms with Gasteiger partial charge in [-0.25, -0.2) is 0 Å². The average Bonchev–Trinajstić information content (AvgIpc) is 2.62. The molecule has 2 aliphatic heterocycles. The summed E-state index contributed by atoms with van der Waals surface area (Å²) >= 11 is 0. The summed E-state index contributed by atoms with van der Waals surface area (Å²) in [6.45, 7) is 6.11. The average molecular weight is 250 g/mol. The lowest BCUT2D eigenvalue weighted by molar-refractivity contribution is -0.133. The van der Waals surface area contributed by atoms with Crippen LogP contribution >= 0.6 is 0 Å². The zero-order valence-corrected chi connectivity index (χ0v) is 11.2. The zero-order chi connectivity index (χ0) is 13.2. The topological polar surface area (TPSA) is 40.6 Å². The predicted molar refractivity (Wildman–Crippen MR) is 69.9 cm³/mol. The van der Waals surface area contributed by atoms with Crippen LogP contribution in [0.5, 0.6) is 0 Å². The Morgan fingerprint density at radius 3 is 2.61 bits per heavy atom. The minimum Gasteiger partial charge on any atom is -0.345 e. The maximum absolute atomic E-state index is 11.9. The van der Waals surface area contributed by atoms with Gasteiger partial charge >= 0.3 is 0 Å². The van der Waals surface area contributed by atoms with Gasteiger partial charge in [0.25, 0.3) is 0 Å². The standard InChI is InChI=1S/C14H22N2O2/c1-3-4-5-12(17)16-8-6-14(7-9-16)10-13(18)15(2)11-14/h3H,1,4-11H2,2H3. The molecular weight excluding hydrogens is 228 g/mol. The van der Waals surface area contributed by atoms with Crippen molar-refractivity contribution in [1.29, 1.82) is 0 Å². The normalized spacial score (nSPS) is 22.6. The number of carbonyl (C=O) groups excluding carboxylic acids is 2. The van der Waals surface area contributed by atoms with Crippen LogP contribution in [0.25, 0.3) is 0 Å². The van der Waals surface area contributed by atoms with Gasteiger partial charge in [0, 0.05) is 44.9 Å². The van der Waals surface area contributed by atoms with Crippen molar-refractivity contribution in [3.63, 3.8) is 0 Å². The molecule has 18 heavy (non-hydrogen) atoms. The van der Waals surface area contributed by atoms with E-state index in [4.69, 9.17) is 0 Å². The molecule has 2 aliphatic rings. The summed E-state index contributed by atoms with van der Waals surface area (Å²) in [6, 6.07) is 0. The Labute approximate surface area is 109 Å². The van der Waals surface area contributed by atoms with Gasteiger partial charge in [-0.05, 0) is 19.3 Å². The minimum absolute atomic E-state index is 0.140. The van der Waals surface area contributed by atoms with Gasteiger partial charge in [-0.15, -0.1) is 6.58 Å². The monoisotopic (exact) mass is 250 g/mol. The molecule has 0 bridgehead atoms. The molecule has 0 radical (unpaired) electrons. The molecule has 100 valence electrons. The molecule has 0 aromatic carbocycles. The van der Waals surface area contributed by atoms with E-state index in [1.165, 1.54) is 0 Å². The van der Waals surface area contributed by atoms with Crippen molar-refractivity contribution in [2.75, 3.05) is 26.7 Å². The summed E-state index contributed by atoms with van der Waals surface area (Å²) in [6.07, 6.45) is 5.69. The smallest absolute Gasteiger partial charge is 0.222 e. The van der Waals surface area contributed by atoms with E-state index in [1.807, 2.05) is 16.8 Å². The van der Waals surface area contributed by atoms with Crippen molar-refractivity contribution in [2.45, 2.75) is 32.1 Å². The quantitative estimate of drug-likeness (QED) is 0.711. The second kappa shape index (κ2) is 5.12. The summed E-state index contributed by atoms with van der Waals surface area (Å²) in [7, 11) is 1.87. The van der Waals surface area contributed by atoms with Gasteiger partial charge in [-0.2, -0.15) is 0 Å². The number of rotatable bonds is 3. The van der Waals surface area contributed by atoms with Gasteiger partial charge in [-0.1, -0.05) is 6.08 Å². The summed E-state index contributed by atoms with van der Waals surface area (Å²) in [5, 5.41) is 0. The molecule has 2 heterocycles. The first kappa shape index (κ1) is 13.1. The first-order valence-electron chi connectivity index (χ1n) is 6.69. The molecule has 4 heteroatoms. The number of amides is 2. The fraction of sp³-hybridized carbons (Fsp3) is 0.714. The number of hydrogen-bond donors (Lipinski definition) is 0. The van der Waals surface area contributed by atoms with E-state index in [0.29, 0.717) is 12.8 Å². The van der Waals surface area contributed by atoms with Crippen LogP contribution in [-0.2, 0) is 9.59 Å². The van der Waals surface area contributed by atoms with Crippen molar-refractivity contribution in [2.24, 2.45) is 5.41 Å². The van der Waals surface area contributed by atoms with E-state index in [0.717, 1.165) is 38.9 Å². The Bertz CT molecular complexity index is 357. The molecule has 2 amide bonds. The van der Waals surface area contributed by atoms with Crippen LogP contribution in [-0.4, -0.2) is 48.3 Å². The fourth-order valence-corrected chi connectivity index (χ4v) is 3.05. The highest BCUT2D eigenvalue weighted by molar-refractivity contribution is 5.79. The van der Waals surface area contributed by atoms with E-state index in [1.54, 1.807) is 6.08 Å². The molecule has 4 nitrogen and oxygen atoms in total. The van der Waals surface area contributed by atoms with Crippen LogP contribution in [0.15, 0.2) is 12.7 Å². The minimum atomic E-state index is 0.140. The van der Waals surface area contributed by atoms with Gasteiger partial charge in [0.15, 0.2) is 0 Å². The van der Waals surface area contributed by atoms with Crippen molar-refractivity contribution in [1.82, 2.24) is 9.80 Å². The highest BCUT2D eigenvalue weighted by Crippen LogP contribution is 2.40. The predicted octanol–water partition coefficient (Wildman–Crippen LogP) is 1.42. The maximum atomic E-state index is 11.9. The molecule has 0 aromatic heterocycles. The lowest BCUT2D eigenvalue weighted by atomic mass is 9.77. The fourth-order valence-electron chi connectivity index (χ4n) is 3.05. The van der Waals surface area contributed by atoms with Gasteiger partial charge in [0.2, 0.25) is 11.8 Å².